The molecule has 2 aromatic carbocycles. The van der Waals surface area contributed by atoms with Crippen molar-refractivity contribution in [2.24, 2.45) is 5.84 Å². The third-order valence-electron chi connectivity index (χ3n) is 3.20. The van der Waals surface area contributed by atoms with Gasteiger partial charge >= 0.3 is 0 Å². The van der Waals surface area contributed by atoms with E-state index >= 15 is 0 Å². The van der Waals surface area contributed by atoms with Crippen LogP contribution in [-0.2, 0) is 12.8 Å². The maximum absolute atomic E-state index is 13.7. The van der Waals surface area contributed by atoms with Crippen molar-refractivity contribution >= 4 is 15.9 Å². The van der Waals surface area contributed by atoms with Crippen LogP contribution in [0.3, 0.4) is 0 Å². The van der Waals surface area contributed by atoms with Gasteiger partial charge in [0.05, 0.1) is 4.47 Å². The molecule has 0 aliphatic heterocycles. The lowest BCUT2D eigenvalue weighted by molar-refractivity contribution is 0.473. The molecule has 0 bridgehead atoms. The van der Waals surface area contributed by atoms with Crippen molar-refractivity contribution in [2.45, 2.75) is 18.9 Å². The van der Waals surface area contributed by atoms with E-state index in [2.05, 4.69) is 21.4 Å². The zero-order valence-electron chi connectivity index (χ0n) is 11.0. The molecule has 0 aliphatic carbocycles. The largest absolute Gasteiger partial charge is 0.271 e. The summed E-state index contributed by atoms with van der Waals surface area (Å²) < 4.78 is 40.4. The molecule has 112 valence electrons. The molecule has 0 saturated heterocycles. The van der Waals surface area contributed by atoms with Crippen LogP contribution >= 0.6 is 15.9 Å². The Morgan fingerprint density at radius 3 is 2.48 bits per heavy atom. The van der Waals surface area contributed by atoms with Gasteiger partial charge in [-0.3, -0.25) is 11.3 Å². The second-order valence-electron chi connectivity index (χ2n) is 4.73. The first-order valence-electron chi connectivity index (χ1n) is 6.34. The van der Waals surface area contributed by atoms with Gasteiger partial charge in [0, 0.05) is 6.04 Å². The summed E-state index contributed by atoms with van der Waals surface area (Å²) in [5.74, 6) is 3.37. The Kier molecular flexibility index (Phi) is 5.39. The summed E-state index contributed by atoms with van der Waals surface area (Å²) >= 11 is 3.11. The van der Waals surface area contributed by atoms with E-state index in [0.717, 1.165) is 11.6 Å². The molecule has 0 radical (unpaired) electrons. The molecule has 2 nitrogen and oxygen atoms in total. The van der Waals surface area contributed by atoms with Gasteiger partial charge in [-0.2, -0.15) is 0 Å². The summed E-state index contributed by atoms with van der Waals surface area (Å²) in [5, 5.41) is 0. The Morgan fingerprint density at radius 2 is 1.81 bits per heavy atom. The Bertz CT molecular complexity index is 634. The number of rotatable bonds is 5. The first-order valence-corrected chi connectivity index (χ1v) is 7.13. The van der Waals surface area contributed by atoms with Crippen molar-refractivity contribution in [3.8, 4) is 0 Å². The summed E-state index contributed by atoms with van der Waals surface area (Å²) in [6.45, 7) is 0. The summed E-state index contributed by atoms with van der Waals surface area (Å²) in [4.78, 5) is 0. The second kappa shape index (κ2) is 7.06. The Balaban J connectivity index is 2.13. The highest BCUT2D eigenvalue weighted by atomic mass is 79.9. The Labute approximate surface area is 129 Å². The van der Waals surface area contributed by atoms with Crippen molar-refractivity contribution in [1.82, 2.24) is 5.43 Å². The van der Waals surface area contributed by atoms with Crippen molar-refractivity contribution in [3.63, 3.8) is 0 Å². The van der Waals surface area contributed by atoms with Crippen LogP contribution in [-0.4, -0.2) is 6.04 Å². The van der Waals surface area contributed by atoms with Crippen LogP contribution in [0.1, 0.15) is 11.1 Å². The minimum Gasteiger partial charge on any atom is -0.271 e. The van der Waals surface area contributed by atoms with Crippen molar-refractivity contribution in [1.29, 1.82) is 0 Å². The van der Waals surface area contributed by atoms with Gasteiger partial charge in [0.1, 0.15) is 5.82 Å². The highest BCUT2D eigenvalue weighted by Crippen LogP contribution is 2.19. The molecule has 21 heavy (non-hydrogen) atoms. The summed E-state index contributed by atoms with van der Waals surface area (Å²) in [7, 11) is 0. The topological polar surface area (TPSA) is 38.0 Å². The van der Waals surface area contributed by atoms with E-state index in [1.165, 1.54) is 18.2 Å². The number of nitrogens with one attached hydrogen (secondary N) is 1. The number of halogens is 4. The van der Waals surface area contributed by atoms with Crippen molar-refractivity contribution in [2.75, 3.05) is 0 Å². The molecule has 0 spiro atoms. The average molecular weight is 359 g/mol. The Morgan fingerprint density at radius 1 is 1.05 bits per heavy atom. The smallest absolute Gasteiger partial charge is 0.162 e. The standard InChI is InChI=1S/C15H14BrF3N2/c16-12-7-9(4-5-13(12)17)6-11(21-20)8-10-2-1-3-14(18)15(10)19/h1-5,7,11,21H,6,8,20H2. The van der Waals surface area contributed by atoms with E-state index in [9.17, 15) is 13.2 Å². The third-order valence-corrected chi connectivity index (χ3v) is 3.81. The van der Waals surface area contributed by atoms with E-state index in [4.69, 9.17) is 5.84 Å². The molecule has 1 unspecified atom stereocenters. The van der Waals surface area contributed by atoms with Gasteiger partial charge in [-0.25, -0.2) is 13.2 Å². The van der Waals surface area contributed by atoms with E-state index in [1.54, 1.807) is 12.1 Å². The highest BCUT2D eigenvalue weighted by molar-refractivity contribution is 9.10. The normalized spacial score (nSPS) is 12.4. The van der Waals surface area contributed by atoms with Gasteiger partial charge in [0.25, 0.3) is 0 Å². The molecule has 3 N–H and O–H groups in total. The summed E-state index contributed by atoms with van der Waals surface area (Å²) in [6, 6.07) is 8.36. The summed E-state index contributed by atoms with van der Waals surface area (Å²) in [5.41, 5.74) is 3.67. The fourth-order valence-electron chi connectivity index (χ4n) is 2.11. The van der Waals surface area contributed by atoms with E-state index < -0.39 is 11.6 Å². The maximum Gasteiger partial charge on any atom is 0.162 e. The van der Waals surface area contributed by atoms with Crippen LogP contribution < -0.4 is 11.3 Å². The number of benzene rings is 2. The molecular formula is C15H14BrF3N2. The van der Waals surface area contributed by atoms with Crippen LogP contribution in [0.4, 0.5) is 13.2 Å². The van der Waals surface area contributed by atoms with Gasteiger partial charge in [0.15, 0.2) is 11.6 Å². The van der Waals surface area contributed by atoms with E-state index in [0.29, 0.717) is 10.9 Å². The molecule has 2 aromatic rings. The zero-order chi connectivity index (χ0) is 15.4. The predicted molar refractivity (Wildman–Crippen MR) is 79.0 cm³/mol. The minimum absolute atomic E-state index is 0.231. The van der Waals surface area contributed by atoms with Crippen molar-refractivity contribution < 1.29 is 13.2 Å². The van der Waals surface area contributed by atoms with Gasteiger partial charge in [-0.1, -0.05) is 18.2 Å². The fraction of sp³-hybridized carbons (Fsp3) is 0.200. The van der Waals surface area contributed by atoms with Crippen LogP contribution in [0.5, 0.6) is 0 Å². The molecule has 0 aliphatic rings. The number of hydrogen-bond donors (Lipinski definition) is 2. The number of nitrogens with two attached hydrogens (primary N) is 1. The molecule has 1 atom stereocenters. The summed E-state index contributed by atoms with van der Waals surface area (Å²) in [6.07, 6.45) is 0.695. The zero-order valence-corrected chi connectivity index (χ0v) is 12.6. The van der Waals surface area contributed by atoms with Gasteiger partial charge in [-0.15, -0.1) is 0 Å². The average Bonchev–Trinajstić information content (AvgIpc) is 2.47. The molecule has 0 saturated carbocycles. The monoisotopic (exact) mass is 358 g/mol. The van der Waals surface area contributed by atoms with E-state index in [-0.39, 0.29) is 23.8 Å². The minimum atomic E-state index is -0.882. The molecular weight excluding hydrogens is 345 g/mol. The molecule has 0 fully saturated rings. The highest BCUT2D eigenvalue weighted by Gasteiger charge is 2.14. The van der Waals surface area contributed by atoms with E-state index in [1.807, 2.05) is 0 Å². The molecule has 0 aromatic heterocycles. The SMILES string of the molecule is NNC(Cc1ccc(F)c(Br)c1)Cc1cccc(F)c1F. The first kappa shape index (κ1) is 16.0. The number of hydrogen-bond acceptors (Lipinski definition) is 2. The first-order chi connectivity index (χ1) is 10.0. The van der Waals surface area contributed by atoms with Crippen LogP contribution in [0.25, 0.3) is 0 Å². The lowest BCUT2D eigenvalue weighted by atomic mass is 9.99. The van der Waals surface area contributed by atoms with Crippen LogP contribution in [0.15, 0.2) is 40.9 Å². The van der Waals surface area contributed by atoms with Gasteiger partial charge in [-0.05, 0) is 58.1 Å². The molecule has 2 rings (SSSR count). The van der Waals surface area contributed by atoms with Crippen LogP contribution in [0.2, 0.25) is 0 Å². The van der Waals surface area contributed by atoms with Crippen molar-refractivity contribution in [3.05, 3.63) is 69.4 Å². The maximum atomic E-state index is 13.7. The van der Waals surface area contributed by atoms with Gasteiger partial charge in [0.2, 0.25) is 0 Å². The molecule has 0 amide bonds. The lowest BCUT2D eigenvalue weighted by Crippen LogP contribution is -2.38. The Hall–Kier alpha value is -1.37. The predicted octanol–water partition coefficient (Wildman–Crippen LogP) is 3.48. The lowest BCUT2D eigenvalue weighted by Gasteiger charge is -2.17. The molecule has 6 heteroatoms. The van der Waals surface area contributed by atoms with Gasteiger partial charge < -0.3 is 0 Å². The van der Waals surface area contributed by atoms with Crippen LogP contribution in [0, 0.1) is 17.5 Å². The second-order valence-corrected chi connectivity index (χ2v) is 5.59. The third kappa shape index (κ3) is 4.06. The fourth-order valence-corrected chi connectivity index (χ4v) is 2.54. The number of hydrazine groups is 1. The quantitative estimate of drug-likeness (QED) is 0.634. The molecule has 0 heterocycles.